The second kappa shape index (κ2) is 9.44. The van der Waals surface area contributed by atoms with Gasteiger partial charge in [-0.25, -0.2) is 13.2 Å². The highest BCUT2D eigenvalue weighted by Gasteiger charge is 2.30. The summed E-state index contributed by atoms with van der Waals surface area (Å²) in [6, 6.07) is 8.11. The maximum Gasteiger partial charge on any atom is 0.317 e. The molecule has 10 heteroatoms. The molecule has 1 atom stereocenters. The molecular formula is C19H25ClN4O3S2. The van der Waals surface area contributed by atoms with Crippen LogP contribution >= 0.6 is 22.9 Å². The lowest BCUT2D eigenvalue weighted by Crippen LogP contribution is -2.53. The van der Waals surface area contributed by atoms with Gasteiger partial charge in [-0.2, -0.15) is 15.6 Å². The van der Waals surface area contributed by atoms with Crippen LogP contribution in [0, 0.1) is 0 Å². The van der Waals surface area contributed by atoms with Gasteiger partial charge in [-0.1, -0.05) is 11.6 Å². The Morgan fingerprint density at radius 1 is 1.17 bits per heavy atom. The molecule has 158 valence electrons. The summed E-state index contributed by atoms with van der Waals surface area (Å²) in [5, 5.41) is 7.57. The zero-order valence-corrected chi connectivity index (χ0v) is 18.8. The van der Waals surface area contributed by atoms with E-state index in [9.17, 15) is 13.2 Å². The van der Waals surface area contributed by atoms with Crippen molar-refractivity contribution in [2.75, 3.05) is 46.8 Å². The van der Waals surface area contributed by atoms with Gasteiger partial charge < -0.3 is 15.1 Å². The van der Waals surface area contributed by atoms with E-state index in [1.807, 2.05) is 19.5 Å². The number of urea groups is 1. The summed E-state index contributed by atoms with van der Waals surface area (Å²) in [5.41, 5.74) is 1.17. The molecule has 1 fully saturated rings. The molecule has 3 rings (SSSR count). The SMILES string of the molecule is CN(C)[C@H](CNC(=O)N1CCN(S(=O)(=O)c2ccc(Cl)cc2)CC1)c1ccsc1. The average molecular weight is 457 g/mol. The molecule has 0 bridgehead atoms. The number of rotatable bonds is 6. The number of carbonyl (C=O) groups excluding carboxylic acids is 1. The number of hydrogen-bond acceptors (Lipinski definition) is 5. The minimum atomic E-state index is -3.58. The van der Waals surface area contributed by atoms with Gasteiger partial charge in [0.05, 0.1) is 10.9 Å². The van der Waals surface area contributed by atoms with Crippen LogP contribution in [0.15, 0.2) is 46.0 Å². The minimum Gasteiger partial charge on any atom is -0.336 e. The number of halogens is 1. The normalized spacial score (nSPS) is 16.8. The van der Waals surface area contributed by atoms with E-state index in [1.54, 1.807) is 28.4 Å². The Morgan fingerprint density at radius 2 is 1.83 bits per heavy atom. The van der Waals surface area contributed by atoms with Crippen LogP contribution < -0.4 is 5.32 Å². The van der Waals surface area contributed by atoms with E-state index in [4.69, 9.17) is 11.6 Å². The number of sulfonamides is 1. The lowest BCUT2D eigenvalue weighted by molar-refractivity contribution is 0.168. The van der Waals surface area contributed by atoms with Crippen LogP contribution in [0.25, 0.3) is 0 Å². The quantitative estimate of drug-likeness (QED) is 0.725. The molecule has 1 saturated heterocycles. The second-order valence-corrected chi connectivity index (χ2v) is 10.2. The van der Waals surface area contributed by atoms with Crippen LogP contribution in [0.3, 0.4) is 0 Å². The highest BCUT2D eigenvalue weighted by atomic mass is 35.5. The fourth-order valence-corrected chi connectivity index (χ4v) is 5.50. The smallest absolute Gasteiger partial charge is 0.317 e. The summed E-state index contributed by atoms with van der Waals surface area (Å²) >= 11 is 7.47. The Morgan fingerprint density at radius 3 is 2.38 bits per heavy atom. The molecule has 1 aliphatic heterocycles. The van der Waals surface area contributed by atoms with E-state index >= 15 is 0 Å². The lowest BCUT2D eigenvalue weighted by atomic mass is 10.1. The first-order chi connectivity index (χ1) is 13.8. The van der Waals surface area contributed by atoms with Gasteiger partial charge in [0.1, 0.15) is 0 Å². The molecule has 1 aliphatic rings. The predicted octanol–water partition coefficient (Wildman–Crippen LogP) is 2.72. The van der Waals surface area contributed by atoms with Crippen LogP contribution in [0.2, 0.25) is 5.02 Å². The van der Waals surface area contributed by atoms with Gasteiger partial charge >= 0.3 is 6.03 Å². The fraction of sp³-hybridized carbons (Fsp3) is 0.421. The average Bonchev–Trinajstić information content (AvgIpc) is 3.22. The molecule has 0 spiro atoms. The van der Waals surface area contributed by atoms with Gasteiger partial charge in [0.25, 0.3) is 0 Å². The predicted molar refractivity (Wildman–Crippen MR) is 116 cm³/mol. The molecule has 0 saturated carbocycles. The highest BCUT2D eigenvalue weighted by molar-refractivity contribution is 7.89. The fourth-order valence-electron chi connectivity index (χ4n) is 3.25. The number of thiophene rings is 1. The summed E-state index contributed by atoms with van der Waals surface area (Å²) in [6.07, 6.45) is 0. The Hall–Kier alpha value is -1.65. The molecule has 0 unspecified atom stereocenters. The van der Waals surface area contributed by atoms with Crippen molar-refractivity contribution >= 4 is 39.0 Å². The third-order valence-corrected chi connectivity index (χ3v) is 7.84. The Labute approximate surface area is 180 Å². The molecule has 1 aromatic carbocycles. The van der Waals surface area contributed by atoms with Crippen molar-refractivity contribution in [2.45, 2.75) is 10.9 Å². The van der Waals surface area contributed by atoms with Gasteiger partial charge in [0.2, 0.25) is 10.0 Å². The topological polar surface area (TPSA) is 73.0 Å². The third-order valence-electron chi connectivity index (χ3n) is 4.98. The minimum absolute atomic E-state index is 0.0942. The van der Waals surface area contributed by atoms with Crippen molar-refractivity contribution < 1.29 is 13.2 Å². The summed E-state index contributed by atoms with van der Waals surface area (Å²) in [5.74, 6) is 0. The van der Waals surface area contributed by atoms with E-state index in [1.165, 1.54) is 22.0 Å². The van der Waals surface area contributed by atoms with Gasteiger partial charge in [-0.3, -0.25) is 0 Å². The highest BCUT2D eigenvalue weighted by Crippen LogP contribution is 2.21. The van der Waals surface area contributed by atoms with E-state index < -0.39 is 10.0 Å². The Bertz CT molecular complexity index is 909. The monoisotopic (exact) mass is 456 g/mol. The third kappa shape index (κ3) is 5.29. The maximum atomic E-state index is 12.8. The van der Waals surface area contributed by atoms with Crippen molar-refractivity contribution in [1.29, 1.82) is 0 Å². The standard InChI is InChI=1S/C19H25ClN4O3S2/c1-22(2)18(15-7-12-28-14-15)13-21-19(25)23-8-10-24(11-9-23)29(26,27)17-5-3-16(20)4-6-17/h3-7,12,14,18H,8-11,13H2,1-2H3,(H,21,25)/t18-/m1/s1. The second-order valence-electron chi connectivity index (χ2n) is 7.07. The van der Waals surface area contributed by atoms with Crippen molar-refractivity contribution in [1.82, 2.24) is 19.4 Å². The zero-order valence-electron chi connectivity index (χ0n) is 16.4. The largest absolute Gasteiger partial charge is 0.336 e. The summed E-state index contributed by atoms with van der Waals surface area (Å²) in [4.78, 5) is 16.5. The number of piperazine rings is 1. The van der Waals surface area contributed by atoms with E-state index in [2.05, 4.69) is 21.7 Å². The number of amides is 2. The van der Waals surface area contributed by atoms with Crippen LogP contribution in [-0.2, 0) is 10.0 Å². The van der Waals surface area contributed by atoms with Gasteiger partial charge in [0.15, 0.2) is 0 Å². The van der Waals surface area contributed by atoms with Crippen molar-refractivity contribution in [3.05, 3.63) is 51.7 Å². The van der Waals surface area contributed by atoms with E-state index in [0.717, 1.165) is 0 Å². The molecule has 0 radical (unpaired) electrons. The van der Waals surface area contributed by atoms with Crippen molar-refractivity contribution in [2.24, 2.45) is 0 Å². The molecule has 7 nitrogen and oxygen atoms in total. The van der Waals surface area contributed by atoms with Gasteiger partial charge in [-0.15, -0.1) is 0 Å². The van der Waals surface area contributed by atoms with E-state index in [0.29, 0.717) is 24.7 Å². The number of hydrogen-bond donors (Lipinski definition) is 1. The first kappa shape index (κ1) is 22.0. The lowest BCUT2D eigenvalue weighted by Gasteiger charge is -2.34. The van der Waals surface area contributed by atoms with E-state index in [-0.39, 0.29) is 30.1 Å². The Balaban J connectivity index is 1.54. The number of benzene rings is 1. The Kier molecular flexibility index (Phi) is 7.18. The summed E-state index contributed by atoms with van der Waals surface area (Å²) < 4.78 is 26.9. The van der Waals surface area contributed by atoms with Gasteiger partial charge in [0, 0.05) is 37.7 Å². The first-order valence-corrected chi connectivity index (χ1v) is 12.0. The van der Waals surface area contributed by atoms with Crippen LogP contribution in [0.1, 0.15) is 11.6 Å². The number of nitrogens with one attached hydrogen (secondary N) is 1. The van der Waals surface area contributed by atoms with Crippen molar-refractivity contribution in [3.63, 3.8) is 0 Å². The number of nitrogens with zero attached hydrogens (tertiary/aromatic N) is 3. The molecule has 2 heterocycles. The molecule has 29 heavy (non-hydrogen) atoms. The maximum absolute atomic E-state index is 12.8. The van der Waals surface area contributed by atoms with Gasteiger partial charge in [-0.05, 0) is 60.8 Å². The van der Waals surface area contributed by atoms with Crippen LogP contribution in [0.4, 0.5) is 4.79 Å². The first-order valence-electron chi connectivity index (χ1n) is 9.26. The van der Waals surface area contributed by atoms with Crippen LogP contribution in [0.5, 0.6) is 0 Å². The summed E-state index contributed by atoms with van der Waals surface area (Å²) in [7, 11) is 0.378. The number of carbonyl (C=O) groups is 1. The number of likely N-dealkylation sites (N-methyl/N-ethyl adjacent to an activating group) is 1. The molecule has 2 amide bonds. The molecular weight excluding hydrogens is 432 g/mol. The zero-order chi connectivity index (χ0) is 21.0. The molecule has 0 aliphatic carbocycles. The molecule has 1 N–H and O–H groups in total. The summed E-state index contributed by atoms with van der Waals surface area (Å²) in [6.45, 7) is 1.72. The van der Waals surface area contributed by atoms with Crippen LogP contribution in [-0.4, -0.2) is 75.4 Å². The molecule has 1 aromatic heterocycles. The van der Waals surface area contributed by atoms with Crippen molar-refractivity contribution in [3.8, 4) is 0 Å². The molecule has 2 aromatic rings.